The van der Waals surface area contributed by atoms with Crippen molar-refractivity contribution in [2.75, 3.05) is 0 Å². The largest absolute Gasteiger partial charge is 0.495 e. The van der Waals surface area contributed by atoms with Gasteiger partial charge in [-0.15, -0.1) is 22.7 Å². The molecule has 3 N–H and O–H groups in total. The highest BCUT2D eigenvalue weighted by Gasteiger charge is 2.52. The number of hydrogen-bond acceptors (Lipinski definition) is 8. The lowest BCUT2D eigenvalue weighted by Crippen LogP contribution is -2.41. The van der Waals surface area contributed by atoms with E-state index in [2.05, 4.69) is 38.7 Å². The maximum Gasteiger partial charge on any atom is 0.495 e. The van der Waals surface area contributed by atoms with Crippen molar-refractivity contribution < 1.29 is 29.4 Å². The van der Waals surface area contributed by atoms with Crippen molar-refractivity contribution >= 4 is 61.4 Å². The van der Waals surface area contributed by atoms with Crippen LogP contribution in [0.4, 0.5) is 0 Å². The molecule has 1 aliphatic heterocycles. The second kappa shape index (κ2) is 11.0. The lowest BCUT2D eigenvalue weighted by Gasteiger charge is -2.32. The lowest BCUT2D eigenvalue weighted by atomic mass is 9.77. The average Bonchev–Trinajstić information content (AvgIpc) is 3.61. The van der Waals surface area contributed by atoms with Gasteiger partial charge in [0.25, 0.3) is 0 Å². The summed E-state index contributed by atoms with van der Waals surface area (Å²) in [7, 11) is -0.357. The van der Waals surface area contributed by atoms with E-state index in [1.807, 2.05) is 42.5 Å². The van der Waals surface area contributed by atoms with Crippen LogP contribution in [0.2, 0.25) is 0 Å². The van der Waals surface area contributed by atoms with Crippen LogP contribution in [-0.4, -0.2) is 44.6 Å². The summed E-state index contributed by atoms with van der Waals surface area (Å²) in [4.78, 5) is 17.1. The second-order valence-corrected chi connectivity index (χ2v) is 12.9. The molecule has 1 saturated heterocycles. The zero-order valence-electron chi connectivity index (χ0n) is 22.7. The summed E-state index contributed by atoms with van der Waals surface area (Å²) in [5, 5.41) is 29.7. The Kier molecular flexibility index (Phi) is 7.84. The van der Waals surface area contributed by atoms with Crippen molar-refractivity contribution in [1.82, 2.24) is 4.98 Å². The molecule has 0 saturated carbocycles. The van der Waals surface area contributed by atoms with Gasteiger partial charge in [-0.1, -0.05) is 24.3 Å². The number of benzene rings is 2. The number of fused-ring (bicyclic) bond motifs is 2. The smallest absolute Gasteiger partial charge is 0.478 e. The summed E-state index contributed by atoms with van der Waals surface area (Å²) >= 11 is 3.13. The van der Waals surface area contributed by atoms with Gasteiger partial charge in [-0.3, -0.25) is 4.98 Å². The number of nitrogens with zero attached hydrogens (tertiary/aromatic N) is 1. The molecule has 1 fully saturated rings. The Labute approximate surface area is 240 Å². The van der Waals surface area contributed by atoms with E-state index >= 15 is 0 Å². The van der Waals surface area contributed by atoms with Gasteiger partial charge < -0.3 is 24.6 Å². The zero-order valence-corrected chi connectivity index (χ0v) is 24.3. The molecule has 0 amide bonds. The Bertz CT molecular complexity index is 1680. The standard InChI is InChI=1S/C15H19BO3S.C15H11NO3S/c1-14(2)15(3,4)19-16(18-14)12-6-5-7-13-11(12)8-10(9-17)20-13;17-8-10-7-12-11(2-1-3-14(12)20-10)13-6-9(15(18)19)4-5-16-13/h5-8,17H,9H2,1-4H3;1-7,17H,8H2,(H,18,19). The number of pyridine rings is 1. The van der Waals surface area contributed by atoms with Crippen molar-refractivity contribution in [3.05, 3.63) is 82.2 Å². The maximum atomic E-state index is 11.0. The summed E-state index contributed by atoms with van der Waals surface area (Å²) in [5.41, 5.74) is 2.08. The van der Waals surface area contributed by atoms with Crippen LogP contribution in [0.5, 0.6) is 0 Å². The van der Waals surface area contributed by atoms with Crippen molar-refractivity contribution in [2.24, 2.45) is 0 Å². The van der Waals surface area contributed by atoms with E-state index in [0.717, 1.165) is 41.0 Å². The number of aromatic carboxylic acids is 1. The van der Waals surface area contributed by atoms with Crippen molar-refractivity contribution in [3.8, 4) is 11.3 Å². The van der Waals surface area contributed by atoms with Gasteiger partial charge in [0, 0.05) is 36.3 Å². The summed E-state index contributed by atoms with van der Waals surface area (Å²) in [6.07, 6.45) is 1.50. The Morgan fingerprint density at radius 3 is 2.02 bits per heavy atom. The molecular formula is C30H30BNO6S2. The maximum absolute atomic E-state index is 11.0. The fourth-order valence-electron chi connectivity index (χ4n) is 4.52. The average molecular weight is 576 g/mol. The van der Waals surface area contributed by atoms with Gasteiger partial charge in [0.15, 0.2) is 0 Å². The minimum Gasteiger partial charge on any atom is -0.478 e. The summed E-state index contributed by atoms with van der Waals surface area (Å²) in [6, 6.07) is 18.9. The van der Waals surface area contributed by atoms with E-state index in [0.29, 0.717) is 5.69 Å². The van der Waals surface area contributed by atoms with Gasteiger partial charge in [-0.05, 0) is 74.9 Å². The summed E-state index contributed by atoms with van der Waals surface area (Å²) in [6.45, 7) is 8.29. The predicted octanol–water partition coefficient (Wildman–Crippen LogP) is 5.85. The molecule has 40 heavy (non-hydrogen) atoms. The molecule has 3 aromatic heterocycles. The first kappa shape index (κ1) is 28.4. The molecule has 0 radical (unpaired) electrons. The van der Waals surface area contributed by atoms with E-state index in [9.17, 15) is 15.0 Å². The van der Waals surface area contributed by atoms with Crippen LogP contribution < -0.4 is 5.46 Å². The SMILES string of the molecule is CC1(C)OB(c2cccc3sc(CO)cc23)OC1(C)C.O=C(O)c1ccnc(-c2cccc3sc(CO)cc23)c1. The molecule has 0 bridgehead atoms. The van der Waals surface area contributed by atoms with Gasteiger partial charge in [0.1, 0.15) is 0 Å². The van der Waals surface area contributed by atoms with Gasteiger partial charge in [0.2, 0.25) is 0 Å². The van der Waals surface area contributed by atoms with Crippen molar-refractivity contribution in [3.63, 3.8) is 0 Å². The van der Waals surface area contributed by atoms with Crippen LogP contribution in [0.1, 0.15) is 47.8 Å². The van der Waals surface area contributed by atoms with Crippen LogP contribution in [0.3, 0.4) is 0 Å². The first-order chi connectivity index (χ1) is 19.0. The Morgan fingerprint density at radius 1 is 0.850 bits per heavy atom. The Balaban J connectivity index is 0.000000161. The van der Waals surface area contributed by atoms with E-state index in [4.69, 9.17) is 14.4 Å². The van der Waals surface area contributed by atoms with E-state index in [1.165, 1.54) is 23.6 Å². The van der Waals surface area contributed by atoms with E-state index in [1.54, 1.807) is 17.4 Å². The Hall–Kier alpha value is -3.12. The number of carbonyl (C=O) groups is 1. The van der Waals surface area contributed by atoms with Gasteiger partial charge in [-0.25, -0.2) is 4.79 Å². The quantitative estimate of drug-likeness (QED) is 0.226. The molecule has 0 atom stereocenters. The van der Waals surface area contributed by atoms with Crippen LogP contribution in [-0.2, 0) is 22.5 Å². The number of aliphatic hydroxyl groups is 2. The normalized spacial score (nSPS) is 15.8. The third-order valence-corrected chi connectivity index (χ3v) is 9.53. The molecule has 0 unspecified atom stereocenters. The van der Waals surface area contributed by atoms with E-state index < -0.39 is 5.97 Å². The molecule has 5 aromatic rings. The van der Waals surface area contributed by atoms with Crippen molar-refractivity contribution in [1.29, 1.82) is 0 Å². The molecule has 10 heteroatoms. The molecule has 206 valence electrons. The topological polar surface area (TPSA) is 109 Å². The fraction of sp³-hybridized carbons (Fsp3) is 0.267. The van der Waals surface area contributed by atoms with Crippen LogP contribution in [0, 0.1) is 0 Å². The minimum atomic E-state index is -0.970. The molecular weight excluding hydrogens is 545 g/mol. The number of rotatable bonds is 5. The third kappa shape index (κ3) is 5.43. The molecule has 0 spiro atoms. The predicted molar refractivity (Wildman–Crippen MR) is 161 cm³/mol. The first-order valence-corrected chi connectivity index (χ1v) is 14.5. The van der Waals surface area contributed by atoms with Gasteiger partial charge >= 0.3 is 13.1 Å². The zero-order chi connectivity index (χ0) is 28.7. The fourth-order valence-corrected chi connectivity index (χ4v) is 6.42. The van der Waals surface area contributed by atoms with Crippen LogP contribution in [0.15, 0.2) is 66.9 Å². The minimum absolute atomic E-state index is 0.00137. The highest BCUT2D eigenvalue weighted by molar-refractivity contribution is 7.19. The molecule has 7 nitrogen and oxygen atoms in total. The van der Waals surface area contributed by atoms with Gasteiger partial charge in [0.05, 0.1) is 35.7 Å². The number of thiophene rings is 2. The number of aromatic nitrogens is 1. The molecule has 1 aliphatic rings. The number of carboxylic acid groups (broad SMARTS) is 1. The molecule has 0 aliphatic carbocycles. The number of carboxylic acids is 1. The first-order valence-electron chi connectivity index (χ1n) is 12.8. The summed E-state index contributed by atoms with van der Waals surface area (Å²) < 4.78 is 14.4. The van der Waals surface area contributed by atoms with Crippen LogP contribution >= 0.6 is 22.7 Å². The molecule has 6 rings (SSSR count). The van der Waals surface area contributed by atoms with Gasteiger partial charge in [-0.2, -0.15) is 0 Å². The highest BCUT2D eigenvalue weighted by atomic mass is 32.1. The number of aliphatic hydroxyl groups excluding tert-OH is 2. The van der Waals surface area contributed by atoms with Crippen molar-refractivity contribution in [2.45, 2.75) is 52.1 Å². The highest BCUT2D eigenvalue weighted by Crippen LogP contribution is 2.38. The number of hydrogen-bond donors (Lipinski definition) is 3. The molecule has 2 aromatic carbocycles. The monoisotopic (exact) mass is 575 g/mol. The van der Waals surface area contributed by atoms with E-state index in [-0.39, 0.29) is 37.1 Å². The second-order valence-electron chi connectivity index (χ2n) is 10.5. The molecule has 4 heterocycles. The lowest BCUT2D eigenvalue weighted by molar-refractivity contribution is 0.00578. The third-order valence-electron chi connectivity index (χ3n) is 7.36. The summed E-state index contributed by atoms with van der Waals surface area (Å²) in [5.74, 6) is -0.970. The Morgan fingerprint density at radius 2 is 1.43 bits per heavy atom. The van der Waals surface area contributed by atoms with Crippen LogP contribution in [0.25, 0.3) is 31.4 Å².